The smallest absolute Gasteiger partial charge is 0.282 e. The molecule has 1 aliphatic carbocycles. The van der Waals surface area contributed by atoms with Crippen LogP contribution in [0.25, 0.3) is 0 Å². The van der Waals surface area contributed by atoms with Crippen molar-refractivity contribution in [2.75, 3.05) is 12.4 Å². The lowest BCUT2D eigenvalue weighted by atomic mass is 10.1. The SMILES string of the molecule is COc1ccc(CNc2cnn(C)c(=O)c2Br)c(OC2CCCC2)c1. The fraction of sp³-hybridized carbons (Fsp3) is 0.444. The fourth-order valence-electron chi connectivity index (χ4n) is 2.93. The number of aromatic nitrogens is 2. The number of hydrogen-bond acceptors (Lipinski definition) is 5. The lowest BCUT2D eigenvalue weighted by molar-refractivity contribution is 0.207. The van der Waals surface area contributed by atoms with E-state index in [2.05, 4.69) is 26.3 Å². The minimum absolute atomic E-state index is 0.179. The van der Waals surface area contributed by atoms with Gasteiger partial charge in [0, 0.05) is 25.2 Å². The fourth-order valence-corrected chi connectivity index (χ4v) is 3.43. The quantitative estimate of drug-likeness (QED) is 0.793. The van der Waals surface area contributed by atoms with Crippen LogP contribution in [0.15, 0.2) is 33.7 Å². The molecule has 1 heterocycles. The molecule has 1 N–H and O–H groups in total. The van der Waals surface area contributed by atoms with Crippen LogP contribution >= 0.6 is 15.9 Å². The third kappa shape index (κ3) is 4.15. The molecule has 25 heavy (non-hydrogen) atoms. The van der Waals surface area contributed by atoms with E-state index in [1.165, 1.54) is 17.5 Å². The number of aryl methyl sites for hydroxylation is 1. The molecule has 0 atom stereocenters. The second-order valence-corrected chi connectivity index (χ2v) is 6.95. The monoisotopic (exact) mass is 407 g/mol. The van der Waals surface area contributed by atoms with Crippen LogP contribution in [0, 0.1) is 0 Å². The average Bonchev–Trinajstić information content (AvgIpc) is 3.13. The Hall–Kier alpha value is -2.02. The van der Waals surface area contributed by atoms with Gasteiger partial charge in [0.2, 0.25) is 0 Å². The summed E-state index contributed by atoms with van der Waals surface area (Å²) >= 11 is 3.33. The number of ether oxygens (including phenoxy) is 2. The molecule has 1 aromatic heterocycles. The second kappa shape index (κ2) is 7.91. The second-order valence-electron chi connectivity index (χ2n) is 6.15. The van der Waals surface area contributed by atoms with Crippen LogP contribution in [0.5, 0.6) is 11.5 Å². The van der Waals surface area contributed by atoms with Gasteiger partial charge in [0.25, 0.3) is 5.56 Å². The summed E-state index contributed by atoms with van der Waals surface area (Å²) in [7, 11) is 3.27. The minimum Gasteiger partial charge on any atom is -0.497 e. The Bertz CT molecular complexity index is 801. The Kier molecular flexibility index (Phi) is 5.63. The van der Waals surface area contributed by atoms with Gasteiger partial charge in [-0.25, -0.2) is 4.68 Å². The third-order valence-corrected chi connectivity index (χ3v) is 5.18. The van der Waals surface area contributed by atoms with Crippen molar-refractivity contribution in [3.63, 3.8) is 0 Å². The van der Waals surface area contributed by atoms with Crippen LogP contribution < -0.4 is 20.3 Å². The predicted octanol–water partition coefficient (Wildman–Crippen LogP) is 3.48. The molecule has 0 unspecified atom stereocenters. The van der Waals surface area contributed by atoms with Gasteiger partial charge < -0.3 is 14.8 Å². The third-order valence-electron chi connectivity index (χ3n) is 4.42. The Morgan fingerprint density at radius 3 is 2.84 bits per heavy atom. The number of hydrogen-bond donors (Lipinski definition) is 1. The highest BCUT2D eigenvalue weighted by atomic mass is 79.9. The first-order valence-electron chi connectivity index (χ1n) is 8.37. The van der Waals surface area contributed by atoms with Gasteiger partial charge in [-0.05, 0) is 53.7 Å². The zero-order valence-corrected chi connectivity index (χ0v) is 16.0. The summed E-state index contributed by atoms with van der Waals surface area (Å²) in [5.41, 5.74) is 1.49. The standard InChI is InChI=1S/C18H22BrN3O3/c1-22-18(23)17(19)15(11-21-22)20-10-12-7-8-14(24-2)9-16(12)25-13-5-3-4-6-13/h7-9,11,13,20H,3-6,10H2,1-2H3. The van der Waals surface area contributed by atoms with Gasteiger partial charge in [-0.1, -0.05) is 0 Å². The molecule has 6 nitrogen and oxygen atoms in total. The first-order valence-corrected chi connectivity index (χ1v) is 9.17. The number of rotatable bonds is 6. The molecule has 0 aliphatic heterocycles. The van der Waals surface area contributed by atoms with Gasteiger partial charge in [0.15, 0.2) is 0 Å². The number of benzene rings is 1. The van der Waals surface area contributed by atoms with Crippen LogP contribution in [0.3, 0.4) is 0 Å². The van der Waals surface area contributed by atoms with Gasteiger partial charge in [-0.15, -0.1) is 0 Å². The van der Waals surface area contributed by atoms with Crippen LogP contribution in [0.1, 0.15) is 31.2 Å². The molecular formula is C18H22BrN3O3. The summed E-state index contributed by atoms with van der Waals surface area (Å²) in [5, 5.41) is 7.30. The summed E-state index contributed by atoms with van der Waals surface area (Å²) in [6, 6.07) is 5.82. The number of halogens is 1. The van der Waals surface area contributed by atoms with Crippen molar-refractivity contribution in [3.05, 3.63) is 44.8 Å². The number of nitrogens with zero attached hydrogens (tertiary/aromatic N) is 2. The highest BCUT2D eigenvalue weighted by Gasteiger charge is 2.18. The predicted molar refractivity (Wildman–Crippen MR) is 100 cm³/mol. The Morgan fingerprint density at radius 1 is 1.36 bits per heavy atom. The van der Waals surface area contributed by atoms with Crippen LogP contribution in [-0.4, -0.2) is 23.0 Å². The maximum atomic E-state index is 12.0. The molecule has 134 valence electrons. The van der Waals surface area contributed by atoms with E-state index in [0.29, 0.717) is 16.7 Å². The van der Waals surface area contributed by atoms with Gasteiger partial charge >= 0.3 is 0 Å². The van der Waals surface area contributed by atoms with E-state index in [4.69, 9.17) is 9.47 Å². The van der Waals surface area contributed by atoms with Gasteiger partial charge in [-0.3, -0.25) is 4.79 Å². The van der Waals surface area contributed by atoms with E-state index >= 15 is 0 Å². The minimum atomic E-state index is -0.179. The number of methoxy groups -OCH3 is 1. The Labute approximate surface area is 155 Å². The van der Waals surface area contributed by atoms with Crippen LogP contribution in [0.4, 0.5) is 5.69 Å². The van der Waals surface area contributed by atoms with E-state index in [0.717, 1.165) is 29.9 Å². The number of nitrogens with one attached hydrogen (secondary N) is 1. The summed E-state index contributed by atoms with van der Waals surface area (Å²) in [4.78, 5) is 12.0. The highest BCUT2D eigenvalue weighted by molar-refractivity contribution is 9.10. The molecule has 0 bridgehead atoms. The molecular weight excluding hydrogens is 386 g/mol. The van der Waals surface area contributed by atoms with Gasteiger partial charge in [0.1, 0.15) is 16.0 Å². The topological polar surface area (TPSA) is 65.4 Å². The molecule has 1 saturated carbocycles. The largest absolute Gasteiger partial charge is 0.497 e. The molecule has 3 rings (SSSR count). The van der Waals surface area contributed by atoms with E-state index in [9.17, 15) is 4.79 Å². The molecule has 0 spiro atoms. The van der Waals surface area contributed by atoms with Crippen molar-refractivity contribution in [3.8, 4) is 11.5 Å². The molecule has 1 aromatic carbocycles. The average molecular weight is 408 g/mol. The maximum Gasteiger partial charge on any atom is 0.282 e. The van der Waals surface area contributed by atoms with Crippen molar-refractivity contribution in [1.29, 1.82) is 0 Å². The van der Waals surface area contributed by atoms with Crippen molar-refractivity contribution in [2.24, 2.45) is 7.05 Å². The first-order chi connectivity index (χ1) is 12.1. The van der Waals surface area contributed by atoms with E-state index < -0.39 is 0 Å². The highest BCUT2D eigenvalue weighted by Crippen LogP contribution is 2.30. The molecule has 1 fully saturated rings. The van der Waals surface area contributed by atoms with Crippen LogP contribution in [0.2, 0.25) is 0 Å². The van der Waals surface area contributed by atoms with E-state index in [1.54, 1.807) is 20.4 Å². The van der Waals surface area contributed by atoms with Crippen molar-refractivity contribution in [1.82, 2.24) is 9.78 Å². The first kappa shape index (κ1) is 17.8. The normalized spacial score (nSPS) is 14.5. The van der Waals surface area contributed by atoms with E-state index in [-0.39, 0.29) is 11.7 Å². The molecule has 0 radical (unpaired) electrons. The summed E-state index contributed by atoms with van der Waals surface area (Å²) in [6.07, 6.45) is 6.51. The molecule has 2 aromatic rings. The maximum absolute atomic E-state index is 12.0. The summed E-state index contributed by atoms with van der Waals surface area (Å²) in [5.74, 6) is 1.60. The number of anilines is 1. The zero-order valence-electron chi connectivity index (χ0n) is 14.4. The Morgan fingerprint density at radius 2 is 2.12 bits per heavy atom. The van der Waals surface area contributed by atoms with Crippen molar-refractivity contribution < 1.29 is 9.47 Å². The molecule has 1 aliphatic rings. The Balaban J connectivity index is 1.79. The lowest BCUT2D eigenvalue weighted by Gasteiger charge is -2.18. The summed E-state index contributed by atoms with van der Waals surface area (Å²) in [6.45, 7) is 0.527. The molecule has 0 saturated heterocycles. The lowest BCUT2D eigenvalue weighted by Crippen LogP contribution is -2.21. The van der Waals surface area contributed by atoms with Gasteiger partial charge in [-0.2, -0.15) is 5.10 Å². The van der Waals surface area contributed by atoms with Crippen molar-refractivity contribution >= 4 is 21.6 Å². The molecule has 7 heteroatoms. The van der Waals surface area contributed by atoms with Crippen molar-refractivity contribution in [2.45, 2.75) is 38.3 Å². The van der Waals surface area contributed by atoms with E-state index in [1.807, 2.05) is 18.2 Å². The van der Waals surface area contributed by atoms with Gasteiger partial charge in [0.05, 0.1) is 25.1 Å². The molecule has 0 amide bonds. The summed E-state index contributed by atoms with van der Waals surface area (Å²) < 4.78 is 13.3. The van der Waals surface area contributed by atoms with Crippen LogP contribution in [-0.2, 0) is 13.6 Å². The zero-order chi connectivity index (χ0) is 17.8.